The van der Waals surface area contributed by atoms with Gasteiger partial charge in [-0.3, -0.25) is 14.9 Å². The minimum atomic E-state index is -0.956. The summed E-state index contributed by atoms with van der Waals surface area (Å²) < 4.78 is 14.1. The summed E-state index contributed by atoms with van der Waals surface area (Å²) in [6.45, 7) is 0. The molecule has 4 rings (SSSR count). The predicted octanol–water partition coefficient (Wildman–Crippen LogP) is 4.98. The lowest BCUT2D eigenvalue weighted by Crippen LogP contribution is -2.45. The molecule has 0 aliphatic rings. The lowest BCUT2D eigenvalue weighted by Gasteiger charge is -2.18. The lowest BCUT2D eigenvalue weighted by atomic mass is 10.0. The van der Waals surface area contributed by atoms with Crippen LogP contribution in [-0.4, -0.2) is 28.1 Å². The van der Waals surface area contributed by atoms with Crippen LogP contribution < -0.4 is 10.6 Å². The molecule has 0 bridgehead atoms. The molecule has 1 aromatic heterocycles. The highest BCUT2D eigenvalue weighted by Gasteiger charge is 2.24. The standard InChI is InChI=1S/C24H18ClFN4O2S/c25-17-12-10-16(11-13-17)23-29-30-24(33-23)28-22(32)20(14-15-6-2-1-3-7-15)27-21(31)18-8-4-5-9-19(18)26/h1-13,20H,14H2,(H,27,31)(H,28,30,32)/t20-/m1/s1. The number of hydrogen-bond acceptors (Lipinski definition) is 5. The summed E-state index contributed by atoms with van der Waals surface area (Å²) in [6.07, 6.45) is 0.218. The fraction of sp³-hybridized carbons (Fsp3) is 0.0833. The second-order valence-electron chi connectivity index (χ2n) is 7.10. The van der Waals surface area contributed by atoms with Crippen molar-refractivity contribution in [3.05, 3.63) is 101 Å². The molecule has 6 nitrogen and oxygen atoms in total. The largest absolute Gasteiger partial charge is 0.340 e. The Hall–Kier alpha value is -3.62. The van der Waals surface area contributed by atoms with Gasteiger partial charge in [-0.2, -0.15) is 0 Å². The van der Waals surface area contributed by atoms with Crippen LogP contribution in [0.25, 0.3) is 10.6 Å². The average molecular weight is 481 g/mol. The third kappa shape index (κ3) is 5.79. The fourth-order valence-electron chi connectivity index (χ4n) is 3.12. The zero-order chi connectivity index (χ0) is 23.2. The zero-order valence-electron chi connectivity index (χ0n) is 17.2. The summed E-state index contributed by atoms with van der Waals surface area (Å²) in [4.78, 5) is 25.7. The van der Waals surface area contributed by atoms with E-state index in [9.17, 15) is 14.0 Å². The molecule has 0 unspecified atom stereocenters. The maximum absolute atomic E-state index is 14.1. The second-order valence-corrected chi connectivity index (χ2v) is 8.52. The van der Waals surface area contributed by atoms with Gasteiger partial charge in [0.25, 0.3) is 5.91 Å². The third-order valence-corrected chi connectivity index (χ3v) is 5.91. The van der Waals surface area contributed by atoms with Gasteiger partial charge in [-0.1, -0.05) is 77.5 Å². The average Bonchev–Trinajstić information content (AvgIpc) is 3.28. The van der Waals surface area contributed by atoms with Gasteiger partial charge in [-0.15, -0.1) is 10.2 Å². The smallest absolute Gasteiger partial charge is 0.254 e. The number of nitrogens with zero attached hydrogens (tertiary/aromatic N) is 2. The number of amides is 2. The maximum atomic E-state index is 14.1. The minimum Gasteiger partial charge on any atom is -0.340 e. The summed E-state index contributed by atoms with van der Waals surface area (Å²) >= 11 is 7.11. The highest BCUT2D eigenvalue weighted by Crippen LogP contribution is 2.27. The number of nitrogens with one attached hydrogen (secondary N) is 2. The number of benzene rings is 3. The summed E-state index contributed by atoms with van der Waals surface area (Å²) in [5.41, 5.74) is 1.51. The van der Waals surface area contributed by atoms with Gasteiger partial charge in [0.15, 0.2) is 0 Å². The van der Waals surface area contributed by atoms with E-state index in [2.05, 4.69) is 20.8 Å². The Morgan fingerprint density at radius 3 is 2.36 bits per heavy atom. The first-order valence-electron chi connectivity index (χ1n) is 9.99. The Morgan fingerprint density at radius 2 is 1.64 bits per heavy atom. The van der Waals surface area contributed by atoms with Crippen LogP contribution in [-0.2, 0) is 11.2 Å². The van der Waals surface area contributed by atoms with E-state index in [4.69, 9.17) is 11.6 Å². The quantitative estimate of drug-likeness (QED) is 0.391. The first kappa shape index (κ1) is 22.6. The molecule has 0 saturated carbocycles. The van der Waals surface area contributed by atoms with E-state index in [1.165, 1.54) is 29.5 Å². The van der Waals surface area contributed by atoms with Crippen molar-refractivity contribution >= 4 is 39.9 Å². The molecule has 0 spiro atoms. The van der Waals surface area contributed by atoms with Crippen LogP contribution in [0.15, 0.2) is 78.9 Å². The van der Waals surface area contributed by atoms with Gasteiger partial charge >= 0.3 is 0 Å². The van der Waals surface area contributed by atoms with E-state index in [0.29, 0.717) is 10.0 Å². The molecule has 166 valence electrons. The van der Waals surface area contributed by atoms with Crippen LogP contribution in [0.2, 0.25) is 5.02 Å². The Bertz CT molecular complexity index is 1260. The Balaban J connectivity index is 1.52. The van der Waals surface area contributed by atoms with Crippen LogP contribution in [0.1, 0.15) is 15.9 Å². The van der Waals surface area contributed by atoms with E-state index in [0.717, 1.165) is 11.1 Å². The molecule has 0 saturated heterocycles. The third-order valence-electron chi connectivity index (χ3n) is 4.77. The molecule has 2 amide bonds. The molecule has 33 heavy (non-hydrogen) atoms. The highest BCUT2D eigenvalue weighted by molar-refractivity contribution is 7.18. The second kappa shape index (κ2) is 10.3. The number of carbonyl (C=O) groups is 2. The fourth-order valence-corrected chi connectivity index (χ4v) is 3.99. The van der Waals surface area contributed by atoms with Gasteiger partial charge in [-0.25, -0.2) is 4.39 Å². The number of halogens is 2. The van der Waals surface area contributed by atoms with Gasteiger partial charge in [0, 0.05) is 17.0 Å². The minimum absolute atomic E-state index is 0.135. The maximum Gasteiger partial charge on any atom is 0.254 e. The molecule has 0 fully saturated rings. The van der Waals surface area contributed by atoms with E-state index in [-0.39, 0.29) is 17.1 Å². The lowest BCUT2D eigenvalue weighted by molar-refractivity contribution is -0.118. The molecular formula is C24H18ClFN4O2S. The van der Waals surface area contributed by atoms with Crippen LogP contribution in [0.5, 0.6) is 0 Å². The number of aromatic nitrogens is 2. The molecule has 0 radical (unpaired) electrons. The van der Waals surface area contributed by atoms with Crippen molar-refractivity contribution in [3.63, 3.8) is 0 Å². The SMILES string of the molecule is O=C(N[C@H](Cc1ccccc1)C(=O)Nc1nnc(-c2ccc(Cl)cc2)s1)c1ccccc1F. The zero-order valence-corrected chi connectivity index (χ0v) is 18.7. The van der Waals surface area contributed by atoms with E-state index >= 15 is 0 Å². The van der Waals surface area contributed by atoms with Crippen LogP contribution in [0, 0.1) is 5.82 Å². The first-order chi connectivity index (χ1) is 16.0. The summed E-state index contributed by atoms with van der Waals surface area (Å²) in [6, 6.07) is 21.0. The van der Waals surface area contributed by atoms with Crippen molar-refractivity contribution in [3.8, 4) is 10.6 Å². The summed E-state index contributed by atoms with van der Waals surface area (Å²) in [7, 11) is 0. The van der Waals surface area contributed by atoms with Gasteiger partial charge in [0.05, 0.1) is 5.56 Å². The van der Waals surface area contributed by atoms with Crippen molar-refractivity contribution in [1.82, 2.24) is 15.5 Å². The van der Waals surface area contributed by atoms with Crippen molar-refractivity contribution in [2.45, 2.75) is 12.5 Å². The predicted molar refractivity (Wildman–Crippen MR) is 127 cm³/mol. The van der Waals surface area contributed by atoms with E-state index in [1.807, 2.05) is 30.3 Å². The topological polar surface area (TPSA) is 84.0 Å². The highest BCUT2D eigenvalue weighted by atomic mass is 35.5. The van der Waals surface area contributed by atoms with Crippen molar-refractivity contribution in [1.29, 1.82) is 0 Å². The Labute approximate surface area is 198 Å². The Kier molecular flexibility index (Phi) is 7.07. The molecule has 1 atom stereocenters. The molecule has 4 aromatic rings. The van der Waals surface area contributed by atoms with Crippen LogP contribution >= 0.6 is 22.9 Å². The van der Waals surface area contributed by atoms with Crippen molar-refractivity contribution in [2.75, 3.05) is 5.32 Å². The Morgan fingerprint density at radius 1 is 0.939 bits per heavy atom. The molecule has 0 aliphatic heterocycles. The molecular weight excluding hydrogens is 463 g/mol. The van der Waals surface area contributed by atoms with Crippen LogP contribution in [0.4, 0.5) is 9.52 Å². The van der Waals surface area contributed by atoms with Crippen molar-refractivity contribution < 1.29 is 14.0 Å². The van der Waals surface area contributed by atoms with Gasteiger partial charge in [-0.05, 0) is 29.8 Å². The number of carbonyl (C=O) groups excluding carboxylic acids is 2. The molecule has 0 aliphatic carbocycles. The van der Waals surface area contributed by atoms with Crippen LogP contribution in [0.3, 0.4) is 0 Å². The first-order valence-corrected chi connectivity index (χ1v) is 11.2. The molecule has 9 heteroatoms. The monoisotopic (exact) mass is 480 g/mol. The van der Waals surface area contributed by atoms with E-state index in [1.54, 1.807) is 30.3 Å². The molecule has 2 N–H and O–H groups in total. The van der Waals surface area contributed by atoms with Gasteiger partial charge < -0.3 is 5.32 Å². The normalized spacial score (nSPS) is 11.6. The molecule has 1 heterocycles. The summed E-state index contributed by atoms with van der Waals surface area (Å²) in [5.74, 6) is -1.82. The van der Waals surface area contributed by atoms with E-state index < -0.39 is 23.7 Å². The number of rotatable bonds is 7. The van der Waals surface area contributed by atoms with Gasteiger partial charge in [0.2, 0.25) is 11.0 Å². The number of anilines is 1. The van der Waals surface area contributed by atoms with Gasteiger partial charge in [0.1, 0.15) is 16.9 Å². The number of hydrogen-bond donors (Lipinski definition) is 2. The van der Waals surface area contributed by atoms with Crippen molar-refractivity contribution in [2.24, 2.45) is 0 Å². The summed E-state index contributed by atoms with van der Waals surface area (Å²) in [5, 5.41) is 15.0. The molecule has 3 aromatic carbocycles.